The number of nitro benzene ring substituents is 1. The normalized spacial score (nSPS) is 16.2. The number of nitro groups is 1. The molecule has 8 nitrogen and oxygen atoms in total. The number of rotatable bonds is 6. The van der Waals surface area contributed by atoms with Crippen LogP contribution in [-0.2, 0) is 9.53 Å². The number of carbonyl (C=O) groups is 2. The molecule has 1 fully saturated rings. The van der Waals surface area contributed by atoms with E-state index in [1.165, 1.54) is 18.2 Å². The zero-order valence-electron chi connectivity index (χ0n) is 17.2. The lowest BCUT2D eigenvalue weighted by atomic mass is 9.81. The summed E-state index contributed by atoms with van der Waals surface area (Å²) in [5.74, 6) is -0.292. The molecule has 8 heteroatoms. The maximum atomic E-state index is 12.3. The molecule has 0 radical (unpaired) electrons. The molecular weight excluding hydrogens is 374 g/mol. The second kappa shape index (κ2) is 9.54. The van der Waals surface area contributed by atoms with Gasteiger partial charge < -0.3 is 15.4 Å². The van der Waals surface area contributed by atoms with Crippen LogP contribution in [0, 0.1) is 10.1 Å². The molecule has 0 spiro atoms. The van der Waals surface area contributed by atoms with E-state index >= 15 is 0 Å². The molecule has 2 N–H and O–H groups in total. The van der Waals surface area contributed by atoms with Gasteiger partial charge in [0.1, 0.15) is 5.60 Å². The standard InChI is InChI=1S/C21H29N3O5/c1-20(2,3)29-19(26)23-21(13-5-4-6-14-21)15-22-18(25)12-9-16-7-10-17(11-8-16)24(27)28/h7-12H,4-6,13-15H2,1-3H3,(H,22,25)(H,23,26). The van der Waals surface area contributed by atoms with Crippen molar-refractivity contribution in [2.45, 2.75) is 64.0 Å². The maximum absolute atomic E-state index is 12.3. The number of nitrogens with one attached hydrogen (secondary N) is 2. The number of ether oxygens (including phenoxy) is 1. The van der Waals surface area contributed by atoms with Crippen molar-refractivity contribution >= 4 is 23.8 Å². The average molecular weight is 403 g/mol. The van der Waals surface area contributed by atoms with Crippen LogP contribution in [0.4, 0.5) is 10.5 Å². The first-order valence-corrected chi connectivity index (χ1v) is 9.80. The Kier molecular flexibility index (Phi) is 7.36. The quantitative estimate of drug-likeness (QED) is 0.424. The van der Waals surface area contributed by atoms with Crippen molar-refractivity contribution in [2.75, 3.05) is 6.54 Å². The van der Waals surface area contributed by atoms with Crippen molar-refractivity contribution in [1.82, 2.24) is 10.6 Å². The minimum atomic E-state index is -0.587. The number of nitrogens with zero attached hydrogens (tertiary/aromatic N) is 1. The van der Waals surface area contributed by atoms with Crippen molar-refractivity contribution in [3.8, 4) is 0 Å². The fourth-order valence-electron chi connectivity index (χ4n) is 3.29. The molecule has 0 heterocycles. The Bertz CT molecular complexity index is 760. The molecule has 2 rings (SSSR count). The predicted molar refractivity (Wildman–Crippen MR) is 110 cm³/mol. The first kappa shape index (κ1) is 22.4. The Morgan fingerprint density at radius 1 is 1.17 bits per heavy atom. The van der Waals surface area contributed by atoms with E-state index in [2.05, 4.69) is 10.6 Å². The summed E-state index contributed by atoms with van der Waals surface area (Å²) < 4.78 is 5.38. The van der Waals surface area contributed by atoms with Gasteiger partial charge in [-0.1, -0.05) is 19.3 Å². The molecule has 2 amide bonds. The summed E-state index contributed by atoms with van der Waals surface area (Å²) >= 11 is 0. The van der Waals surface area contributed by atoms with Crippen molar-refractivity contribution in [3.63, 3.8) is 0 Å². The first-order chi connectivity index (χ1) is 13.6. The van der Waals surface area contributed by atoms with Gasteiger partial charge in [0.2, 0.25) is 5.91 Å². The van der Waals surface area contributed by atoms with E-state index in [1.54, 1.807) is 18.2 Å². The van der Waals surface area contributed by atoms with E-state index in [9.17, 15) is 19.7 Å². The van der Waals surface area contributed by atoms with Crippen LogP contribution in [0.1, 0.15) is 58.4 Å². The van der Waals surface area contributed by atoms with Gasteiger partial charge in [-0.15, -0.1) is 0 Å². The summed E-state index contributed by atoms with van der Waals surface area (Å²) in [7, 11) is 0. The molecule has 1 aromatic carbocycles. The van der Waals surface area contributed by atoms with Gasteiger partial charge in [0.05, 0.1) is 10.5 Å². The number of non-ortho nitro benzene ring substituents is 1. The molecule has 1 aromatic rings. The van der Waals surface area contributed by atoms with Gasteiger partial charge in [0, 0.05) is 24.8 Å². The third-order valence-electron chi connectivity index (χ3n) is 4.71. The second-order valence-electron chi connectivity index (χ2n) is 8.37. The molecule has 158 valence electrons. The Morgan fingerprint density at radius 3 is 2.34 bits per heavy atom. The molecule has 1 saturated carbocycles. The zero-order valence-corrected chi connectivity index (χ0v) is 17.2. The van der Waals surface area contributed by atoms with Crippen LogP contribution in [0.3, 0.4) is 0 Å². The van der Waals surface area contributed by atoms with Gasteiger partial charge in [-0.3, -0.25) is 14.9 Å². The minimum absolute atomic E-state index is 0.000871. The van der Waals surface area contributed by atoms with Gasteiger partial charge in [-0.05, 0) is 57.4 Å². The third kappa shape index (κ3) is 7.56. The largest absolute Gasteiger partial charge is 0.444 e. The summed E-state index contributed by atoms with van der Waals surface area (Å²) in [5, 5.41) is 16.5. The molecule has 1 aliphatic rings. The lowest BCUT2D eigenvalue weighted by Crippen LogP contribution is -2.57. The zero-order chi connectivity index (χ0) is 21.5. The van der Waals surface area contributed by atoms with Crippen LogP contribution in [-0.4, -0.2) is 34.6 Å². The van der Waals surface area contributed by atoms with Gasteiger partial charge in [0.25, 0.3) is 5.69 Å². The van der Waals surface area contributed by atoms with E-state index < -0.39 is 22.2 Å². The summed E-state index contributed by atoms with van der Waals surface area (Å²) in [6.45, 7) is 5.75. The van der Waals surface area contributed by atoms with Crippen LogP contribution >= 0.6 is 0 Å². The van der Waals surface area contributed by atoms with Crippen molar-refractivity contribution in [3.05, 3.63) is 46.0 Å². The van der Waals surface area contributed by atoms with Crippen LogP contribution in [0.2, 0.25) is 0 Å². The monoisotopic (exact) mass is 403 g/mol. The van der Waals surface area contributed by atoms with Gasteiger partial charge in [0.15, 0.2) is 0 Å². The van der Waals surface area contributed by atoms with Gasteiger partial charge >= 0.3 is 6.09 Å². The van der Waals surface area contributed by atoms with Crippen LogP contribution in [0.5, 0.6) is 0 Å². The number of hydrogen-bond acceptors (Lipinski definition) is 5. The molecule has 1 aliphatic carbocycles. The Morgan fingerprint density at radius 2 is 1.79 bits per heavy atom. The fourth-order valence-corrected chi connectivity index (χ4v) is 3.29. The highest BCUT2D eigenvalue weighted by molar-refractivity contribution is 5.91. The number of amides is 2. The SMILES string of the molecule is CC(C)(C)OC(=O)NC1(CNC(=O)C=Cc2ccc([N+](=O)[O-])cc2)CCCCC1. The molecule has 0 saturated heterocycles. The van der Waals surface area contributed by atoms with Crippen molar-refractivity contribution in [2.24, 2.45) is 0 Å². The van der Waals surface area contributed by atoms with Crippen LogP contribution < -0.4 is 10.6 Å². The van der Waals surface area contributed by atoms with E-state index in [4.69, 9.17) is 4.74 Å². The van der Waals surface area contributed by atoms with Gasteiger partial charge in [-0.25, -0.2) is 4.79 Å². The lowest BCUT2D eigenvalue weighted by molar-refractivity contribution is -0.384. The number of hydrogen-bond donors (Lipinski definition) is 2. The Balaban J connectivity index is 1.94. The van der Waals surface area contributed by atoms with Crippen molar-refractivity contribution < 1.29 is 19.2 Å². The number of benzene rings is 1. The second-order valence-corrected chi connectivity index (χ2v) is 8.37. The summed E-state index contributed by atoms with van der Waals surface area (Å²) in [4.78, 5) is 34.7. The first-order valence-electron chi connectivity index (χ1n) is 9.80. The Labute approximate surface area is 170 Å². The highest BCUT2D eigenvalue weighted by Crippen LogP contribution is 2.28. The van der Waals surface area contributed by atoms with Crippen LogP contribution in [0.15, 0.2) is 30.3 Å². The number of alkyl carbamates (subject to hydrolysis) is 1. The summed E-state index contributed by atoms with van der Waals surface area (Å²) in [6.07, 6.45) is 7.10. The van der Waals surface area contributed by atoms with E-state index in [0.29, 0.717) is 12.1 Å². The predicted octanol–water partition coefficient (Wildman–Crippen LogP) is 3.95. The number of carbonyl (C=O) groups excluding carboxylic acids is 2. The third-order valence-corrected chi connectivity index (χ3v) is 4.71. The summed E-state index contributed by atoms with van der Waals surface area (Å²) in [6, 6.07) is 5.93. The fraction of sp³-hybridized carbons (Fsp3) is 0.524. The molecule has 0 unspecified atom stereocenters. The van der Waals surface area contributed by atoms with Crippen molar-refractivity contribution in [1.29, 1.82) is 0 Å². The molecule has 0 aliphatic heterocycles. The van der Waals surface area contributed by atoms with E-state index in [0.717, 1.165) is 32.1 Å². The topological polar surface area (TPSA) is 111 Å². The molecule has 0 atom stereocenters. The Hall–Kier alpha value is -2.90. The molecular formula is C21H29N3O5. The molecule has 29 heavy (non-hydrogen) atoms. The van der Waals surface area contributed by atoms with E-state index in [-0.39, 0.29) is 11.6 Å². The molecule has 0 aromatic heterocycles. The molecule has 0 bridgehead atoms. The summed E-state index contributed by atoms with van der Waals surface area (Å²) in [5.41, 5.74) is -0.419. The minimum Gasteiger partial charge on any atom is -0.444 e. The van der Waals surface area contributed by atoms with E-state index in [1.807, 2.05) is 20.8 Å². The highest BCUT2D eigenvalue weighted by atomic mass is 16.6. The van der Waals surface area contributed by atoms with Crippen LogP contribution in [0.25, 0.3) is 6.08 Å². The maximum Gasteiger partial charge on any atom is 0.408 e. The smallest absolute Gasteiger partial charge is 0.408 e. The average Bonchev–Trinajstić information content (AvgIpc) is 2.64. The highest BCUT2D eigenvalue weighted by Gasteiger charge is 2.35. The van der Waals surface area contributed by atoms with Gasteiger partial charge in [-0.2, -0.15) is 0 Å². The lowest BCUT2D eigenvalue weighted by Gasteiger charge is -2.38.